The van der Waals surface area contributed by atoms with E-state index in [-0.39, 0.29) is 22.3 Å². The molecule has 0 unspecified atom stereocenters. The molecule has 0 aromatic heterocycles. The first kappa shape index (κ1) is 42.6. The molecule has 4 aromatic carbocycles. The summed E-state index contributed by atoms with van der Waals surface area (Å²) in [5.41, 5.74) is 0.502. The number of rotatable bonds is 14. The molecule has 10 atom stereocenters. The first-order valence-electron chi connectivity index (χ1n) is 18.6. The summed E-state index contributed by atoms with van der Waals surface area (Å²) in [5.74, 6) is -4.02. The van der Waals surface area contributed by atoms with Gasteiger partial charge in [-0.05, 0) is 48.5 Å². The second-order valence-electron chi connectivity index (χ2n) is 13.5. The van der Waals surface area contributed by atoms with E-state index in [0.717, 1.165) is 0 Å². The maximum atomic E-state index is 13.8. The van der Waals surface area contributed by atoms with Crippen molar-refractivity contribution in [2.24, 2.45) is 0 Å². The highest BCUT2D eigenvalue weighted by molar-refractivity contribution is 5.91. The van der Waals surface area contributed by atoms with Crippen LogP contribution in [0.5, 0.6) is 0 Å². The van der Waals surface area contributed by atoms with Crippen molar-refractivity contribution in [3.8, 4) is 0 Å². The van der Waals surface area contributed by atoms with Gasteiger partial charge in [-0.25, -0.2) is 19.2 Å². The Morgan fingerprint density at radius 3 is 1.44 bits per heavy atom. The molecule has 16 nitrogen and oxygen atoms in total. The molecule has 0 radical (unpaired) electrons. The van der Waals surface area contributed by atoms with Crippen molar-refractivity contribution >= 4 is 29.8 Å². The normalized spacial score (nSPS) is 26.4. The van der Waals surface area contributed by atoms with E-state index in [1.165, 1.54) is 62.6 Å². The molecule has 4 aromatic rings. The van der Waals surface area contributed by atoms with E-state index in [2.05, 4.69) is 5.32 Å². The molecule has 2 saturated heterocycles. The topological polar surface area (TPSA) is 212 Å². The van der Waals surface area contributed by atoms with Crippen molar-refractivity contribution in [3.05, 3.63) is 144 Å². The zero-order valence-electron chi connectivity index (χ0n) is 31.9. The lowest BCUT2D eigenvalue weighted by Crippen LogP contribution is -2.69. The van der Waals surface area contributed by atoms with Gasteiger partial charge in [-0.1, -0.05) is 72.8 Å². The second kappa shape index (κ2) is 20.1. The monoisotopic (exact) mass is 813 g/mol. The number of nitrogens with one attached hydrogen (secondary N) is 1. The molecule has 59 heavy (non-hydrogen) atoms. The van der Waals surface area contributed by atoms with E-state index >= 15 is 0 Å². The van der Waals surface area contributed by atoms with Gasteiger partial charge in [0.05, 0.1) is 28.9 Å². The Morgan fingerprint density at radius 2 is 1.00 bits per heavy atom. The minimum atomic E-state index is -1.83. The molecule has 1 amide bonds. The zero-order valence-corrected chi connectivity index (χ0v) is 31.9. The molecule has 2 aliphatic rings. The van der Waals surface area contributed by atoms with Gasteiger partial charge in [0, 0.05) is 14.0 Å². The first-order valence-corrected chi connectivity index (χ1v) is 18.6. The van der Waals surface area contributed by atoms with Crippen LogP contribution < -0.4 is 5.32 Å². The number of benzene rings is 4. The van der Waals surface area contributed by atoms with Crippen LogP contribution in [-0.4, -0.2) is 122 Å². The minimum Gasteiger partial charge on any atom is -0.459 e. The van der Waals surface area contributed by atoms with Crippen LogP contribution in [0.15, 0.2) is 121 Å². The molecule has 2 fully saturated rings. The number of amides is 1. The van der Waals surface area contributed by atoms with Crippen LogP contribution in [0.3, 0.4) is 0 Å². The lowest BCUT2D eigenvalue weighted by atomic mass is 9.94. The highest BCUT2D eigenvalue weighted by Gasteiger charge is 2.56. The van der Waals surface area contributed by atoms with Crippen molar-refractivity contribution < 1.29 is 72.1 Å². The van der Waals surface area contributed by atoms with Crippen LogP contribution in [0.25, 0.3) is 0 Å². The molecular formula is C43H43NO15. The summed E-state index contributed by atoms with van der Waals surface area (Å²) in [4.78, 5) is 66.8. The third kappa shape index (κ3) is 10.5. The summed E-state index contributed by atoms with van der Waals surface area (Å²) < 4.78 is 47.9. The Labute approximate surface area is 338 Å². The van der Waals surface area contributed by atoms with Crippen molar-refractivity contribution in [2.75, 3.05) is 20.3 Å². The van der Waals surface area contributed by atoms with Crippen LogP contribution >= 0.6 is 0 Å². The maximum absolute atomic E-state index is 13.8. The smallest absolute Gasteiger partial charge is 0.338 e. The Bertz CT molecular complexity index is 2020. The minimum absolute atomic E-state index is 0.0770. The van der Waals surface area contributed by atoms with Gasteiger partial charge in [0.25, 0.3) is 0 Å². The molecule has 3 N–H and O–H groups in total. The van der Waals surface area contributed by atoms with Gasteiger partial charge in [0.1, 0.15) is 37.1 Å². The quantitative estimate of drug-likeness (QED) is 0.123. The fraction of sp³-hybridized carbons (Fsp3) is 0.326. The van der Waals surface area contributed by atoms with Crippen molar-refractivity contribution in [2.45, 2.75) is 68.3 Å². The number of hydrogen-bond acceptors (Lipinski definition) is 15. The lowest BCUT2D eigenvalue weighted by Gasteiger charge is -2.48. The summed E-state index contributed by atoms with van der Waals surface area (Å²) in [6.07, 6.45) is -14.4. The van der Waals surface area contributed by atoms with E-state index in [1.54, 1.807) is 72.8 Å². The molecule has 2 aliphatic heterocycles. The fourth-order valence-electron chi connectivity index (χ4n) is 6.61. The fourth-order valence-corrected chi connectivity index (χ4v) is 6.61. The molecule has 16 heteroatoms. The van der Waals surface area contributed by atoms with Crippen molar-refractivity contribution in [1.29, 1.82) is 0 Å². The Morgan fingerprint density at radius 1 is 0.576 bits per heavy atom. The van der Waals surface area contributed by atoms with Crippen molar-refractivity contribution in [3.63, 3.8) is 0 Å². The summed E-state index contributed by atoms with van der Waals surface area (Å²) in [6, 6.07) is 30.3. The number of carbonyl (C=O) groups excluding carboxylic acids is 5. The molecular weight excluding hydrogens is 770 g/mol. The van der Waals surface area contributed by atoms with E-state index in [9.17, 15) is 34.2 Å². The van der Waals surface area contributed by atoms with Crippen molar-refractivity contribution in [1.82, 2.24) is 5.32 Å². The highest BCUT2D eigenvalue weighted by atomic mass is 16.8. The number of ether oxygens (including phenoxy) is 8. The van der Waals surface area contributed by atoms with Gasteiger partial charge in [-0.15, -0.1) is 0 Å². The third-order valence-corrected chi connectivity index (χ3v) is 9.48. The van der Waals surface area contributed by atoms with E-state index in [4.69, 9.17) is 37.9 Å². The maximum Gasteiger partial charge on any atom is 0.338 e. The van der Waals surface area contributed by atoms with Crippen LogP contribution in [-0.2, 0) is 42.7 Å². The summed E-state index contributed by atoms with van der Waals surface area (Å²) in [7, 11) is 1.28. The molecule has 0 spiro atoms. The summed E-state index contributed by atoms with van der Waals surface area (Å²) >= 11 is 0. The van der Waals surface area contributed by atoms with Gasteiger partial charge in [0.15, 0.2) is 30.9 Å². The van der Waals surface area contributed by atoms with E-state index in [0.29, 0.717) is 0 Å². The zero-order chi connectivity index (χ0) is 41.9. The predicted molar refractivity (Wildman–Crippen MR) is 204 cm³/mol. The van der Waals surface area contributed by atoms with Gasteiger partial charge >= 0.3 is 23.9 Å². The van der Waals surface area contributed by atoms with E-state index < -0.39 is 104 Å². The molecule has 0 saturated carbocycles. The Balaban J connectivity index is 1.42. The SMILES string of the molecule is CO[C@H]1O[C@H](COC(=O)c2ccccc2)[C@@H](O[C@H]2O[C@H](CO)[C@@H](O)[C@H](OC(=O)c3ccccc3)[C@@H]2OC(=O)c2ccccc2)[C@H](OC(=O)c2ccccc2)[C@H]1NC(C)=O. The Hall–Kier alpha value is -6.01. The van der Waals surface area contributed by atoms with Gasteiger partial charge in [-0.2, -0.15) is 0 Å². The highest BCUT2D eigenvalue weighted by Crippen LogP contribution is 2.34. The van der Waals surface area contributed by atoms with Crippen LogP contribution in [0.2, 0.25) is 0 Å². The molecule has 0 aliphatic carbocycles. The summed E-state index contributed by atoms with van der Waals surface area (Å²) in [5, 5.41) is 24.6. The number of aliphatic hydroxyl groups excluding tert-OH is 2. The molecule has 2 heterocycles. The number of hydrogen-bond donors (Lipinski definition) is 3. The molecule has 6 rings (SSSR count). The van der Waals surface area contributed by atoms with Gasteiger partial charge < -0.3 is 53.4 Å². The number of carbonyl (C=O) groups is 5. The second-order valence-corrected chi connectivity index (χ2v) is 13.5. The molecule has 0 bridgehead atoms. The first-order chi connectivity index (χ1) is 28.6. The standard InChI is InChI=1S/C43H43NO15/c1-25(46)44-32-35(56-39(49)27-17-9-4-10-18-27)34(31(55-42(32)52-2)24-53-38(48)26-15-7-3-8-16-26)59-43-37(58-41(51)29-21-13-6-14-22-29)36(33(47)30(23-45)54-43)57-40(50)28-19-11-5-12-20-28/h3-22,30-37,42-43,45,47H,23-24H2,1-2H3,(H,44,46)/t30-,31-,32-,33-,34-,35-,36+,37+,42+,43-/m1/s1. The average molecular weight is 814 g/mol. The van der Waals surface area contributed by atoms with Gasteiger partial charge in [-0.3, -0.25) is 4.79 Å². The van der Waals surface area contributed by atoms with Crippen LogP contribution in [0.1, 0.15) is 48.4 Å². The van der Waals surface area contributed by atoms with Crippen LogP contribution in [0.4, 0.5) is 0 Å². The number of esters is 4. The molecule has 310 valence electrons. The number of methoxy groups -OCH3 is 1. The Kier molecular flexibility index (Phi) is 14.5. The largest absolute Gasteiger partial charge is 0.459 e. The number of aliphatic hydroxyl groups is 2. The van der Waals surface area contributed by atoms with Gasteiger partial charge in [0.2, 0.25) is 5.91 Å². The lowest BCUT2D eigenvalue weighted by molar-refractivity contribution is -0.344. The summed E-state index contributed by atoms with van der Waals surface area (Å²) in [6.45, 7) is -0.162. The third-order valence-electron chi connectivity index (χ3n) is 9.48. The average Bonchev–Trinajstić information content (AvgIpc) is 3.27. The predicted octanol–water partition coefficient (Wildman–Crippen LogP) is 2.86. The van der Waals surface area contributed by atoms with Crippen LogP contribution in [0, 0.1) is 0 Å². The van der Waals surface area contributed by atoms with E-state index in [1.807, 2.05) is 0 Å².